The van der Waals surface area contributed by atoms with Gasteiger partial charge in [0.1, 0.15) is 18.6 Å². The third kappa shape index (κ3) is 4.40. The molecule has 2 aliphatic rings. The Balaban J connectivity index is 1.43. The van der Waals surface area contributed by atoms with E-state index in [-0.39, 0.29) is 4.75 Å². The van der Waals surface area contributed by atoms with Crippen molar-refractivity contribution in [1.29, 1.82) is 0 Å². The Bertz CT molecular complexity index is 823. The van der Waals surface area contributed by atoms with Gasteiger partial charge in [-0.2, -0.15) is 0 Å². The molecule has 3 nitrogen and oxygen atoms in total. The molecule has 2 fully saturated rings. The maximum absolute atomic E-state index is 12.1. The smallest absolute Gasteiger partial charge is 0.138 e. The fourth-order valence-corrected chi connectivity index (χ4v) is 6.23. The minimum atomic E-state index is -0.326. The topological polar surface area (TPSA) is 38.3 Å². The van der Waals surface area contributed by atoms with Crippen LogP contribution in [-0.4, -0.2) is 24.1 Å². The van der Waals surface area contributed by atoms with Gasteiger partial charge in [-0.25, -0.2) is 0 Å². The number of hydrogen-bond donors (Lipinski definition) is 1. The van der Waals surface area contributed by atoms with Crippen LogP contribution in [0.3, 0.4) is 0 Å². The standard InChI is InChI=1S/C23H26ClNO2S/c24-20-14-19(6-7-21(20)27-15-18-4-2-1-3-5-18)28-23(17-26)9-8-22(16-23)10-12-25-13-11-22/h1-7,14,17,25H,8-13,15-16H2. The molecule has 28 heavy (non-hydrogen) atoms. The van der Waals surface area contributed by atoms with E-state index in [2.05, 4.69) is 5.32 Å². The highest BCUT2D eigenvalue weighted by molar-refractivity contribution is 8.01. The van der Waals surface area contributed by atoms with E-state index in [1.54, 1.807) is 11.8 Å². The quantitative estimate of drug-likeness (QED) is 0.632. The Morgan fingerprint density at radius 3 is 2.57 bits per heavy atom. The van der Waals surface area contributed by atoms with E-state index < -0.39 is 0 Å². The first kappa shape index (κ1) is 19.8. The van der Waals surface area contributed by atoms with Crippen molar-refractivity contribution >= 4 is 29.6 Å². The van der Waals surface area contributed by atoms with Crippen LogP contribution in [0.15, 0.2) is 53.4 Å². The second-order valence-corrected chi connectivity index (χ2v) is 9.97. The second kappa shape index (κ2) is 8.48. The van der Waals surface area contributed by atoms with Crippen LogP contribution < -0.4 is 10.1 Å². The summed E-state index contributed by atoms with van der Waals surface area (Å²) in [5.41, 5.74) is 1.44. The molecule has 0 amide bonds. The van der Waals surface area contributed by atoms with Crippen LogP contribution >= 0.6 is 23.4 Å². The van der Waals surface area contributed by atoms with Crippen LogP contribution in [0.4, 0.5) is 0 Å². The highest BCUT2D eigenvalue weighted by Gasteiger charge is 2.49. The lowest BCUT2D eigenvalue weighted by Gasteiger charge is -2.35. The summed E-state index contributed by atoms with van der Waals surface area (Å²) < 4.78 is 5.55. The van der Waals surface area contributed by atoms with Gasteiger partial charge in [0.2, 0.25) is 0 Å². The van der Waals surface area contributed by atoms with E-state index >= 15 is 0 Å². The number of carbonyl (C=O) groups is 1. The van der Waals surface area contributed by atoms with Crippen molar-refractivity contribution in [3.05, 3.63) is 59.1 Å². The number of halogens is 1. The molecule has 1 atom stereocenters. The fourth-order valence-electron chi connectivity index (χ4n) is 4.52. The lowest BCUT2D eigenvalue weighted by molar-refractivity contribution is -0.109. The van der Waals surface area contributed by atoms with Gasteiger partial charge in [-0.15, -0.1) is 11.8 Å². The third-order valence-electron chi connectivity index (χ3n) is 6.09. The lowest BCUT2D eigenvalue weighted by Crippen LogP contribution is -2.36. The predicted octanol–water partition coefficient (Wildman–Crippen LogP) is 5.50. The summed E-state index contributed by atoms with van der Waals surface area (Å²) in [4.78, 5) is 13.1. The van der Waals surface area contributed by atoms with E-state index in [9.17, 15) is 4.79 Å². The zero-order chi connectivity index (χ0) is 19.5. The van der Waals surface area contributed by atoms with Crippen molar-refractivity contribution in [2.24, 2.45) is 5.41 Å². The SMILES string of the molecule is O=CC1(Sc2ccc(OCc3ccccc3)c(Cl)c2)CCC2(CCNCC2)C1. The first-order chi connectivity index (χ1) is 13.6. The first-order valence-corrected chi connectivity index (χ1v) is 11.1. The number of carbonyl (C=O) groups excluding carboxylic acids is 1. The largest absolute Gasteiger partial charge is 0.487 e. The van der Waals surface area contributed by atoms with E-state index in [1.165, 1.54) is 19.1 Å². The molecule has 5 heteroatoms. The van der Waals surface area contributed by atoms with Gasteiger partial charge in [0.25, 0.3) is 0 Å². The average molecular weight is 416 g/mol. The molecule has 0 aromatic heterocycles. The molecule has 1 N–H and O–H groups in total. The fraction of sp³-hybridized carbons (Fsp3) is 0.435. The highest BCUT2D eigenvalue weighted by atomic mass is 35.5. The van der Waals surface area contributed by atoms with Crippen LogP contribution in [0.25, 0.3) is 0 Å². The molecule has 1 heterocycles. The monoisotopic (exact) mass is 415 g/mol. The minimum Gasteiger partial charge on any atom is -0.487 e. The van der Waals surface area contributed by atoms with Crippen molar-refractivity contribution in [3.8, 4) is 5.75 Å². The Morgan fingerprint density at radius 1 is 1.07 bits per heavy atom. The molecule has 148 valence electrons. The number of piperidine rings is 1. The minimum absolute atomic E-state index is 0.326. The van der Waals surface area contributed by atoms with Crippen molar-refractivity contribution in [3.63, 3.8) is 0 Å². The van der Waals surface area contributed by atoms with Crippen LogP contribution in [0.5, 0.6) is 5.75 Å². The van der Waals surface area contributed by atoms with Crippen LogP contribution in [-0.2, 0) is 11.4 Å². The molecule has 1 saturated carbocycles. The summed E-state index contributed by atoms with van der Waals surface area (Å²) in [6.07, 6.45) is 6.60. The number of thioether (sulfide) groups is 1. The molecule has 4 rings (SSSR count). The van der Waals surface area contributed by atoms with Crippen molar-refractivity contribution in [2.45, 2.75) is 48.4 Å². The van der Waals surface area contributed by atoms with Crippen molar-refractivity contribution in [2.75, 3.05) is 13.1 Å². The van der Waals surface area contributed by atoms with E-state index in [0.29, 0.717) is 22.8 Å². The second-order valence-electron chi connectivity index (χ2n) is 8.08. The molecule has 1 unspecified atom stereocenters. The summed E-state index contributed by atoms with van der Waals surface area (Å²) >= 11 is 8.15. The molecular formula is C23H26ClNO2S. The maximum atomic E-state index is 12.1. The molecule has 1 aliphatic heterocycles. The van der Waals surface area contributed by atoms with Crippen molar-refractivity contribution < 1.29 is 9.53 Å². The van der Waals surface area contributed by atoms with Gasteiger partial charge in [0.05, 0.1) is 9.77 Å². The number of aldehydes is 1. The van der Waals surface area contributed by atoms with Gasteiger partial charge in [0, 0.05) is 4.90 Å². The third-order valence-corrected chi connectivity index (χ3v) is 7.73. The lowest BCUT2D eigenvalue weighted by atomic mass is 9.77. The zero-order valence-electron chi connectivity index (χ0n) is 16.0. The highest BCUT2D eigenvalue weighted by Crippen LogP contribution is 2.55. The van der Waals surface area contributed by atoms with Crippen LogP contribution in [0, 0.1) is 5.41 Å². The van der Waals surface area contributed by atoms with Crippen LogP contribution in [0.1, 0.15) is 37.7 Å². The molecule has 2 aromatic carbocycles. The molecule has 0 radical (unpaired) electrons. The van der Waals surface area contributed by atoms with Gasteiger partial charge in [-0.3, -0.25) is 0 Å². The number of hydrogen-bond acceptors (Lipinski definition) is 4. The molecule has 1 spiro atoms. The number of ether oxygens (including phenoxy) is 1. The van der Waals surface area contributed by atoms with Crippen molar-refractivity contribution in [1.82, 2.24) is 5.32 Å². The molecule has 0 bridgehead atoms. The number of nitrogens with one attached hydrogen (secondary N) is 1. The summed E-state index contributed by atoms with van der Waals surface area (Å²) in [5, 5.41) is 4.04. The maximum Gasteiger partial charge on any atom is 0.138 e. The Labute approximate surface area is 176 Å². The van der Waals surface area contributed by atoms with Crippen LogP contribution in [0.2, 0.25) is 5.02 Å². The number of benzene rings is 2. The Kier molecular flexibility index (Phi) is 6.00. The molecule has 1 saturated heterocycles. The van der Waals surface area contributed by atoms with E-state index in [1.807, 2.05) is 48.5 Å². The normalized spacial score (nSPS) is 23.6. The predicted molar refractivity (Wildman–Crippen MR) is 115 cm³/mol. The van der Waals surface area contributed by atoms with Gasteiger partial charge in [0.15, 0.2) is 0 Å². The molecule has 1 aliphatic carbocycles. The average Bonchev–Trinajstić information content (AvgIpc) is 3.07. The zero-order valence-corrected chi connectivity index (χ0v) is 17.5. The van der Waals surface area contributed by atoms with E-state index in [4.69, 9.17) is 16.3 Å². The summed E-state index contributed by atoms with van der Waals surface area (Å²) in [5.74, 6) is 0.677. The summed E-state index contributed by atoms with van der Waals surface area (Å²) in [7, 11) is 0. The van der Waals surface area contributed by atoms with Gasteiger partial charge < -0.3 is 14.8 Å². The Morgan fingerprint density at radius 2 is 1.86 bits per heavy atom. The van der Waals surface area contributed by atoms with Gasteiger partial charge in [-0.05, 0) is 74.4 Å². The van der Waals surface area contributed by atoms with Gasteiger partial charge >= 0.3 is 0 Å². The first-order valence-electron chi connectivity index (χ1n) is 9.95. The summed E-state index contributed by atoms with van der Waals surface area (Å²) in [6.45, 7) is 2.62. The molecule has 2 aromatic rings. The Hall–Kier alpha value is -1.49. The number of rotatable bonds is 6. The van der Waals surface area contributed by atoms with E-state index in [0.717, 1.165) is 42.8 Å². The van der Waals surface area contributed by atoms with Gasteiger partial charge in [-0.1, -0.05) is 41.9 Å². The molecular weight excluding hydrogens is 390 g/mol. The summed E-state index contributed by atoms with van der Waals surface area (Å²) in [6, 6.07) is 15.9.